The van der Waals surface area contributed by atoms with Crippen LogP contribution in [0, 0.1) is 0 Å². The van der Waals surface area contributed by atoms with Gasteiger partial charge in [-0.3, -0.25) is 4.90 Å². The van der Waals surface area contributed by atoms with Crippen LogP contribution in [-0.2, 0) is 6.54 Å². The molecule has 0 radical (unpaired) electrons. The second kappa shape index (κ2) is 5.03. The number of benzene rings is 2. The van der Waals surface area contributed by atoms with Crippen molar-refractivity contribution in [3.63, 3.8) is 0 Å². The van der Waals surface area contributed by atoms with Gasteiger partial charge in [0.2, 0.25) is 0 Å². The summed E-state index contributed by atoms with van der Waals surface area (Å²) in [5.41, 5.74) is 8.50. The van der Waals surface area contributed by atoms with E-state index < -0.39 is 0 Å². The quantitative estimate of drug-likeness (QED) is 0.915. The molecule has 98 valence electrons. The van der Waals surface area contributed by atoms with Gasteiger partial charge in [0.15, 0.2) is 0 Å². The number of hydrogen-bond acceptors (Lipinski definition) is 3. The van der Waals surface area contributed by atoms with Gasteiger partial charge in [-0.2, -0.15) is 0 Å². The largest absolute Gasteiger partial charge is 0.457 e. The molecule has 3 heteroatoms. The van der Waals surface area contributed by atoms with E-state index in [2.05, 4.69) is 24.1 Å². The predicted octanol–water partition coefficient (Wildman–Crippen LogP) is 2.92. The lowest BCUT2D eigenvalue weighted by Crippen LogP contribution is -2.23. The van der Waals surface area contributed by atoms with Gasteiger partial charge in [0, 0.05) is 19.1 Å². The third-order valence-electron chi connectivity index (χ3n) is 3.63. The Kier molecular flexibility index (Phi) is 3.23. The van der Waals surface area contributed by atoms with Crippen LogP contribution in [0.15, 0.2) is 48.5 Å². The second-order valence-corrected chi connectivity index (χ2v) is 4.94. The highest BCUT2D eigenvalue weighted by Crippen LogP contribution is 2.35. The fourth-order valence-corrected chi connectivity index (χ4v) is 2.64. The summed E-state index contributed by atoms with van der Waals surface area (Å²) in [7, 11) is 2.11. The molecule has 2 aromatic rings. The maximum absolute atomic E-state index is 5.87. The summed E-state index contributed by atoms with van der Waals surface area (Å²) in [5.74, 6) is 1.73. The first kappa shape index (κ1) is 12.2. The average Bonchev–Trinajstić information content (AvgIpc) is 2.74. The molecule has 1 aliphatic rings. The normalized spacial score (nSPS) is 18.3. The van der Waals surface area contributed by atoms with Crippen LogP contribution in [0.4, 0.5) is 0 Å². The molecule has 0 saturated heterocycles. The SMILES string of the molecule is CN1Cc2ccc(Oc3ccccc3)cc2C1CN. The lowest BCUT2D eigenvalue weighted by atomic mass is 10.0. The minimum absolute atomic E-state index is 0.300. The Hall–Kier alpha value is -1.84. The summed E-state index contributed by atoms with van der Waals surface area (Å²) in [4.78, 5) is 2.27. The lowest BCUT2D eigenvalue weighted by Gasteiger charge is -2.18. The summed E-state index contributed by atoms with van der Waals surface area (Å²) in [6, 6.07) is 16.4. The molecule has 0 aromatic heterocycles. The lowest BCUT2D eigenvalue weighted by molar-refractivity contribution is 0.274. The topological polar surface area (TPSA) is 38.5 Å². The monoisotopic (exact) mass is 254 g/mol. The molecule has 19 heavy (non-hydrogen) atoms. The fourth-order valence-electron chi connectivity index (χ4n) is 2.64. The molecule has 0 aliphatic carbocycles. The van der Waals surface area contributed by atoms with Gasteiger partial charge in [-0.25, -0.2) is 0 Å². The standard InChI is InChI=1S/C16H18N2O/c1-18-11-12-7-8-14(9-15(12)16(18)10-17)19-13-5-3-2-4-6-13/h2-9,16H,10-11,17H2,1H3. The minimum atomic E-state index is 0.300. The maximum Gasteiger partial charge on any atom is 0.127 e. The van der Waals surface area contributed by atoms with Gasteiger partial charge in [0.25, 0.3) is 0 Å². The Labute approximate surface area is 113 Å². The van der Waals surface area contributed by atoms with Crippen molar-refractivity contribution in [1.29, 1.82) is 0 Å². The van der Waals surface area contributed by atoms with Crippen LogP contribution in [0.5, 0.6) is 11.5 Å². The van der Waals surface area contributed by atoms with E-state index >= 15 is 0 Å². The van der Waals surface area contributed by atoms with E-state index in [0.717, 1.165) is 18.0 Å². The molecule has 0 bridgehead atoms. The molecule has 1 heterocycles. The molecule has 3 nitrogen and oxygen atoms in total. The van der Waals surface area contributed by atoms with E-state index in [-0.39, 0.29) is 0 Å². The molecular formula is C16H18N2O. The van der Waals surface area contributed by atoms with Crippen molar-refractivity contribution >= 4 is 0 Å². The van der Waals surface area contributed by atoms with Gasteiger partial charge in [0.1, 0.15) is 11.5 Å². The molecule has 1 atom stereocenters. The van der Waals surface area contributed by atoms with Gasteiger partial charge >= 0.3 is 0 Å². The van der Waals surface area contributed by atoms with Gasteiger partial charge in [0.05, 0.1) is 0 Å². The smallest absolute Gasteiger partial charge is 0.127 e. The molecule has 3 rings (SSSR count). The number of ether oxygens (including phenoxy) is 1. The van der Waals surface area contributed by atoms with Crippen LogP contribution in [0.2, 0.25) is 0 Å². The van der Waals surface area contributed by atoms with Crippen molar-refractivity contribution in [3.05, 3.63) is 59.7 Å². The molecule has 0 amide bonds. The number of hydrogen-bond donors (Lipinski definition) is 1. The highest BCUT2D eigenvalue weighted by Gasteiger charge is 2.26. The second-order valence-electron chi connectivity index (χ2n) is 4.94. The fraction of sp³-hybridized carbons (Fsp3) is 0.250. The van der Waals surface area contributed by atoms with Gasteiger partial charge in [-0.15, -0.1) is 0 Å². The molecule has 1 unspecified atom stereocenters. The first-order chi connectivity index (χ1) is 9.28. The maximum atomic E-state index is 5.87. The van der Waals surface area contributed by atoms with Crippen LogP contribution in [0.1, 0.15) is 17.2 Å². The summed E-state index contributed by atoms with van der Waals surface area (Å²) in [5, 5.41) is 0. The van der Waals surface area contributed by atoms with Crippen molar-refractivity contribution in [1.82, 2.24) is 4.90 Å². The highest BCUT2D eigenvalue weighted by molar-refractivity contribution is 5.42. The number of fused-ring (bicyclic) bond motifs is 1. The van der Waals surface area contributed by atoms with Gasteiger partial charge in [-0.05, 0) is 42.4 Å². The van der Waals surface area contributed by atoms with Crippen molar-refractivity contribution in [3.8, 4) is 11.5 Å². The Morgan fingerprint density at radius 2 is 1.95 bits per heavy atom. The number of nitrogens with zero attached hydrogens (tertiary/aromatic N) is 1. The van der Waals surface area contributed by atoms with Gasteiger partial charge in [-0.1, -0.05) is 24.3 Å². The van der Waals surface area contributed by atoms with Crippen molar-refractivity contribution in [2.24, 2.45) is 5.73 Å². The number of nitrogens with two attached hydrogens (primary N) is 1. The summed E-state index contributed by atoms with van der Waals surface area (Å²) in [6.45, 7) is 1.60. The Balaban J connectivity index is 1.88. The Bertz CT molecular complexity index is 568. The van der Waals surface area contributed by atoms with Crippen LogP contribution in [0.25, 0.3) is 0 Å². The third kappa shape index (κ3) is 2.35. The zero-order chi connectivity index (χ0) is 13.2. The number of para-hydroxylation sites is 1. The summed E-state index contributed by atoms with van der Waals surface area (Å²) >= 11 is 0. The number of rotatable bonds is 3. The average molecular weight is 254 g/mol. The van der Waals surface area contributed by atoms with E-state index in [1.54, 1.807) is 0 Å². The van der Waals surface area contributed by atoms with Crippen LogP contribution >= 0.6 is 0 Å². The molecule has 0 saturated carbocycles. The molecule has 1 aliphatic heterocycles. The third-order valence-corrected chi connectivity index (χ3v) is 3.63. The first-order valence-corrected chi connectivity index (χ1v) is 6.54. The minimum Gasteiger partial charge on any atom is -0.457 e. The van der Waals surface area contributed by atoms with E-state index in [4.69, 9.17) is 10.5 Å². The zero-order valence-electron chi connectivity index (χ0n) is 11.0. The predicted molar refractivity (Wildman–Crippen MR) is 76.2 cm³/mol. The summed E-state index contributed by atoms with van der Waals surface area (Å²) < 4.78 is 5.87. The first-order valence-electron chi connectivity index (χ1n) is 6.54. The van der Waals surface area contributed by atoms with Crippen molar-refractivity contribution < 1.29 is 4.74 Å². The van der Waals surface area contributed by atoms with Gasteiger partial charge < -0.3 is 10.5 Å². The van der Waals surface area contributed by atoms with E-state index in [0.29, 0.717) is 12.6 Å². The molecule has 0 spiro atoms. The molecule has 0 fully saturated rings. The molecular weight excluding hydrogens is 236 g/mol. The van der Waals surface area contributed by atoms with Crippen LogP contribution in [-0.4, -0.2) is 18.5 Å². The van der Waals surface area contributed by atoms with Crippen molar-refractivity contribution in [2.45, 2.75) is 12.6 Å². The Morgan fingerprint density at radius 3 is 2.68 bits per heavy atom. The van der Waals surface area contributed by atoms with E-state index in [1.807, 2.05) is 36.4 Å². The molecule has 2 N–H and O–H groups in total. The summed E-state index contributed by atoms with van der Waals surface area (Å²) in [6.07, 6.45) is 0. The Morgan fingerprint density at radius 1 is 1.16 bits per heavy atom. The van der Waals surface area contributed by atoms with E-state index in [9.17, 15) is 0 Å². The zero-order valence-corrected chi connectivity index (χ0v) is 11.0. The molecule has 2 aromatic carbocycles. The van der Waals surface area contributed by atoms with Crippen LogP contribution in [0.3, 0.4) is 0 Å². The number of likely N-dealkylation sites (N-methyl/N-ethyl adjacent to an activating group) is 1. The van der Waals surface area contributed by atoms with E-state index in [1.165, 1.54) is 11.1 Å². The van der Waals surface area contributed by atoms with Crippen molar-refractivity contribution in [2.75, 3.05) is 13.6 Å². The van der Waals surface area contributed by atoms with Crippen LogP contribution < -0.4 is 10.5 Å². The highest BCUT2D eigenvalue weighted by atomic mass is 16.5.